The van der Waals surface area contributed by atoms with Crippen molar-refractivity contribution in [2.24, 2.45) is 0 Å². The molecule has 0 saturated carbocycles. The van der Waals surface area contributed by atoms with Crippen LogP contribution in [-0.2, 0) is 16.2 Å². The summed E-state index contributed by atoms with van der Waals surface area (Å²) < 4.78 is 0. The van der Waals surface area contributed by atoms with Crippen LogP contribution in [0.4, 0.5) is 17.1 Å². The van der Waals surface area contributed by atoms with Gasteiger partial charge >= 0.3 is 0 Å². The van der Waals surface area contributed by atoms with Crippen molar-refractivity contribution in [3.05, 3.63) is 316 Å². The molecule has 0 saturated heterocycles. The van der Waals surface area contributed by atoms with Crippen molar-refractivity contribution in [1.82, 2.24) is 0 Å². The van der Waals surface area contributed by atoms with Crippen LogP contribution in [0.15, 0.2) is 261 Å². The van der Waals surface area contributed by atoms with Crippen molar-refractivity contribution < 1.29 is 0 Å². The lowest BCUT2D eigenvalue weighted by Gasteiger charge is -2.36. The van der Waals surface area contributed by atoms with Crippen molar-refractivity contribution in [2.45, 2.75) is 30.1 Å². The van der Waals surface area contributed by atoms with E-state index in [1.165, 1.54) is 111 Å². The monoisotopic (exact) mass is 915 g/mol. The van der Waals surface area contributed by atoms with Gasteiger partial charge in [-0.05, 0) is 148 Å². The quantitative estimate of drug-likeness (QED) is 0.161. The normalized spacial score (nSPS) is 14.9. The highest BCUT2D eigenvalue weighted by Gasteiger charge is 2.56. The molecule has 0 N–H and O–H groups in total. The van der Waals surface area contributed by atoms with Crippen LogP contribution in [-0.4, -0.2) is 0 Å². The molecule has 0 aromatic heterocycles. The number of fused-ring (bicyclic) bond motifs is 16. The first-order valence-corrected chi connectivity index (χ1v) is 25.4. The average Bonchev–Trinajstić information content (AvgIpc) is 4.10. The zero-order chi connectivity index (χ0) is 47.8. The molecule has 0 heterocycles. The molecule has 4 aliphatic rings. The van der Waals surface area contributed by atoms with Gasteiger partial charge in [0.15, 0.2) is 0 Å². The van der Waals surface area contributed by atoms with Gasteiger partial charge in [-0.25, -0.2) is 0 Å². The SMILES string of the molecule is CC1(C)c2ccccc2-c2ccc(N(c3ccccc3)c3ccc4c(c3)-c3c(cc5c(c3-c3ccccc3)-c3ccccc3C53c5ccccc5-c5ccccc53)C4(c3ccccc3)c3ccccc3)cc21. The van der Waals surface area contributed by atoms with Crippen LogP contribution < -0.4 is 4.90 Å². The van der Waals surface area contributed by atoms with E-state index in [2.05, 4.69) is 280 Å². The zero-order valence-corrected chi connectivity index (χ0v) is 40.3. The lowest BCUT2D eigenvalue weighted by molar-refractivity contribution is 0.660. The third kappa shape index (κ3) is 5.27. The van der Waals surface area contributed by atoms with Crippen LogP contribution in [0.3, 0.4) is 0 Å². The maximum Gasteiger partial charge on any atom is 0.0725 e. The molecule has 0 radical (unpaired) electrons. The van der Waals surface area contributed by atoms with Gasteiger partial charge in [-0.15, -0.1) is 0 Å². The van der Waals surface area contributed by atoms with Gasteiger partial charge in [0.1, 0.15) is 0 Å². The summed E-state index contributed by atoms with van der Waals surface area (Å²) in [7, 11) is 0. The fourth-order valence-corrected chi connectivity index (χ4v) is 14.1. The standard InChI is InChI=1S/C71H49N/c1-69(2)58-35-19-15-31-52(58)55-41-39-51(44-63(55)69)72(49-29-13-6-14-30-49)50-40-42-62-57(43-50)68-64(70(62,47-25-9-4-10-26-47)48-27-11-5-12-28-48)45-65-67(66(68)46-23-7-3-8-24-46)56-34-18-22-38-61(56)71(65)59-36-20-16-32-53(59)54-33-17-21-37-60(54)71/h3-45H,1-2H3. The van der Waals surface area contributed by atoms with E-state index in [1.54, 1.807) is 0 Å². The first kappa shape index (κ1) is 41.0. The van der Waals surface area contributed by atoms with Crippen molar-refractivity contribution in [3.63, 3.8) is 0 Å². The Hall–Kier alpha value is -8.78. The Morgan fingerprint density at radius 3 is 1.28 bits per heavy atom. The summed E-state index contributed by atoms with van der Waals surface area (Å²) in [5.74, 6) is 0. The topological polar surface area (TPSA) is 3.24 Å². The van der Waals surface area contributed by atoms with E-state index in [-0.39, 0.29) is 5.41 Å². The van der Waals surface area contributed by atoms with Crippen LogP contribution in [0, 0.1) is 0 Å². The third-order valence-corrected chi connectivity index (χ3v) is 16.9. The summed E-state index contributed by atoms with van der Waals surface area (Å²) in [6, 6.07) is 98.7. The highest BCUT2D eigenvalue weighted by atomic mass is 15.1. The zero-order valence-electron chi connectivity index (χ0n) is 40.3. The number of benzene rings is 11. The molecule has 0 unspecified atom stereocenters. The van der Waals surface area contributed by atoms with Gasteiger partial charge in [-0.3, -0.25) is 0 Å². The van der Waals surface area contributed by atoms with Gasteiger partial charge < -0.3 is 4.90 Å². The van der Waals surface area contributed by atoms with Crippen molar-refractivity contribution in [3.8, 4) is 55.6 Å². The van der Waals surface area contributed by atoms with Gasteiger partial charge in [0.25, 0.3) is 0 Å². The maximum absolute atomic E-state index is 2.67. The van der Waals surface area contributed by atoms with E-state index in [1.807, 2.05) is 0 Å². The van der Waals surface area contributed by atoms with E-state index in [0.29, 0.717) is 0 Å². The second-order valence-electron chi connectivity index (χ2n) is 20.6. The molecule has 4 aliphatic carbocycles. The predicted molar refractivity (Wildman–Crippen MR) is 298 cm³/mol. The summed E-state index contributed by atoms with van der Waals surface area (Å²) in [5, 5.41) is 0. The molecule has 15 rings (SSSR count). The second kappa shape index (κ2) is 15.1. The Morgan fingerprint density at radius 1 is 0.250 bits per heavy atom. The van der Waals surface area contributed by atoms with Crippen LogP contribution in [0.5, 0.6) is 0 Å². The summed E-state index contributed by atoms with van der Waals surface area (Å²) in [6.07, 6.45) is 0. The highest BCUT2D eigenvalue weighted by molar-refractivity contribution is 6.08. The van der Waals surface area contributed by atoms with Crippen LogP contribution in [0.2, 0.25) is 0 Å². The Morgan fingerprint density at radius 2 is 0.667 bits per heavy atom. The molecule has 1 nitrogen and oxygen atoms in total. The number of para-hydroxylation sites is 1. The smallest absolute Gasteiger partial charge is 0.0725 e. The van der Waals surface area contributed by atoms with Crippen LogP contribution >= 0.6 is 0 Å². The Balaban J connectivity index is 1.09. The lowest BCUT2D eigenvalue weighted by Crippen LogP contribution is -2.30. The minimum Gasteiger partial charge on any atom is -0.310 e. The Labute approximate surface area is 422 Å². The van der Waals surface area contributed by atoms with Crippen LogP contribution in [0.1, 0.15) is 69.5 Å². The summed E-state index contributed by atoms with van der Waals surface area (Å²) in [6.45, 7) is 4.75. The fourth-order valence-electron chi connectivity index (χ4n) is 14.1. The molecule has 1 heteroatoms. The average molecular weight is 916 g/mol. The largest absolute Gasteiger partial charge is 0.310 e. The Kier molecular flexibility index (Phi) is 8.62. The number of anilines is 3. The molecule has 72 heavy (non-hydrogen) atoms. The minimum absolute atomic E-state index is 0.148. The van der Waals surface area contributed by atoms with Gasteiger partial charge in [-0.2, -0.15) is 0 Å². The van der Waals surface area contributed by atoms with Crippen LogP contribution in [0.25, 0.3) is 55.6 Å². The Bertz CT molecular complexity index is 3910. The number of rotatable bonds is 6. The first-order chi connectivity index (χ1) is 35.5. The molecule has 0 bridgehead atoms. The van der Waals surface area contributed by atoms with Crippen molar-refractivity contribution >= 4 is 17.1 Å². The van der Waals surface area contributed by atoms with Gasteiger partial charge in [-0.1, -0.05) is 238 Å². The van der Waals surface area contributed by atoms with E-state index in [4.69, 9.17) is 0 Å². The molecule has 0 atom stereocenters. The predicted octanol–water partition coefficient (Wildman–Crippen LogP) is 17.8. The van der Waals surface area contributed by atoms with E-state index < -0.39 is 10.8 Å². The van der Waals surface area contributed by atoms with Gasteiger partial charge in [0, 0.05) is 22.5 Å². The summed E-state index contributed by atoms with van der Waals surface area (Å²) >= 11 is 0. The van der Waals surface area contributed by atoms with E-state index in [0.717, 1.165) is 17.1 Å². The van der Waals surface area contributed by atoms with Gasteiger partial charge in [0.2, 0.25) is 0 Å². The minimum atomic E-state index is -0.668. The van der Waals surface area contributed by atoms with E-state index >= 15 is 0 Å². The second-order valence-corrected chi connectivity index (χ2v) is 20.6. The maximum atomic E-state index is 2.67. The highest BCUT2D eigenvalue weighted by Crippen LogP contribution is 2.69. The molecule has 0 amide bonds. The molecule has 11 aromatic carbocycles. The lowest BCUT2D eigenvalue weighted by atomic mass is 9.65. The molecule has 1 spiro atoms. The molecule has 0 aliphatic heterocycles. The first-order valence-electron chi connectivity index (χ1n) is 25.4. The van der Waals surface area contributed by atoms with Crippen molar-refractivity contribution in [2.75, 3.05) is 4.90 Å². The molecular formula is C71H49N. The van der Waals surface area contributed by atoms with Gasteiger partial charge in [0.05, 0.1) is 10.8 Å². The number of hydrogen-bond donors (Lipinski definition) is 0. The van der Waals surface area contributed by atoms with E-state index in [9.17, 15) is 0 Å². The summed E-state index contributed by atoms with van der Waals surface area (Å²) in [4.78, 5) is 2.48. The fraction of sp³-hybridized carbons (Fsp3) is 0.0704. The molecule has 11 aromatic rings. The number of hydrogen-bond acceptors (Lipinski definition) is 1. The molecule has 338 valence electrons. The summed E-state index contributed by atoms with van der Waals surface area (Å²) in [5.41, 5.74) is 28.1. The third-order valence-electron chi connectivity index (χ3n) is 16.9. The molecular weight excluding hydrogens is 867 g/mol. The van der Waals surface area contributed by atoms with Crippen molar-refractivity contribution in [1.29, 1.82) is 0 Å². The number of nitrogens with zero attached hydrogens (tertiary/aromatic N) is 1. The molecule has 0 fully saturated rings.